The molecule has 1 aliphatic rings. The van der Waals surface area contributed by atoms with Crippen LogP contribution < -0.4 is 15.6 Å². The van der Waals surface area contributed by atoms with E-state index in [2.05, 4.69) is 11.4 Å². The molecule has 1 amide bonds. The number of para-hydroxylation sites is 1. The van der Waals surface area contributed by atoms with Gasteiger partial charge in [0.1, 0.15) is 5.75 Å². The molecule has 1 atom stereocenters. The van der Waals surface area contributed by atoms with Crippen molar-refractivity contribution in [1.29, 1.82) is 0 Å². The molecule has 0 radical (unpaired) electrons. The smallest absolute Gasteiger partial charge is 0.262 e. The van der Waals surface area contributed by atoms with Crippen molar-refractivity contribution in [2.24, 2.45) is 0 Å². The van der Waals surface area contributed by atoms with Crippen LogP contribution in [0.5, 0.6) is 5.75 Å². The molecule has 2 aromatic carbocycles. The number of methoxy groups -OCH3 is 1. The molecule has 0 aliphatic heterocycles. The first-order valence-electron chi connectivity index (χ1n) is 11.8. The molecule has 34 heavy (non-hydrogen) atoms. The van der Waals surface area contributed by atoms with Gasteiger partial charge in [-0.15, -0.1) is 0 Å². The Hall–Kier alpha value is -3.06. The molecule has 0 bridgehead atoms. The van der Waals surface area contributed by atoms with E-state index in [0.717, 1.165) is 30.6 Å². The van der Waals surface area contributed by atoms with Crippen molar-refractivity contribution < 1.29 is 9.53 Å². The zero-order valence-corrected chi connectivity index (χ0v) is 20.6. The van der Waals surface area contributed by atoms with Crippen LogP contribution in [0.3, 0.4) is 0 Å². The fraction of sp³-hybridized carbons (Fsp3) is 0.370. The Morgan fingerprint density at radius 3 is 2.71 bits per heavy atom. The van der Waals surface area contributed by atoms with Gasteiger partial charge in [0.15, 0.2) is 5.16 Å². The van der Waals surface area contributed by atoms with E-state index in [0.29, 0.717) is 29.1 Å². The van der Waals surface area contributed by atoms with Crippen LogP contribution in [0, 0.1) is 0 Å². The number of nitrogens with zero attached hydrogens (tertiary/aromatic N) is 2. The average molecular weight is 478 g/mol. The Balaban J connectivity index is 1.52. The number of rotatable bonds is 9. The number of thioether (sulfide) groups is 1. The Kier molecular flexibility index (Phi) is 8.06. The number of benzene rings is 2. The van der Waals surface area contributed by atoms with E-state index in [1.165, 1.54) is 30.2 Å². The largest absolute Gasteiger partial charge is 0.497 e. The maximum atomic E-state index is 13.4. The second-order valence-corrected chi connectivity index (χ2v) is 9.87. The molecule has 1 heterocycles. The van der Waals surface area contributed by atoms with Crippen LogP contribution in [0.1, 0.15) is 44.6 Å². The molecule has 178 valence electrons. The summed E-state index contributed by atoms with van der Waals surface area (Å²) < 4.78 is 6.90. The molecule has 1 N–H and O–H groups in total. The van der Waals surface area contributed by atoms with Gasteiger partial charge in [0.25, 0.3) is 5.56 Å². The molecular weight excluding hydrogens is 446 g/mol. The van der Waals surface area contributed by atoms with Crippen LogP contribution in [0.25, 0.3) is 10.9 Å². The number of carbonyl (C=O) groups is 1. The standard InChI is InChI=1S/C27H31N3O3S/c1-19(25(31)28-17-16-20-8-4-3-5-9-20)34-27-29-24-11-7-6-10-23(24)26(32)30(27)18-21-12-14-22(33-2)15-13-21/h6-8,10-15,19H,3-5,9,16-18H2,1-2H3,(H,28,31). The minimum Gasteiger partial charge on any atom is -0.497 e. The lowest BCUT2D eigenvalue weighted by Crippen LogP contribution is -2.33. The summed E-state index contributed by atoms with van der Waals surface area (Å²) in [6, 6.07) is 15.0. The zero-order chi connectivity index (χ0) is 23.9. The highest BCUT2D eigenvalue weighted by atomic mass is 32.2. The lowest BCUT2D eigenvalue weighted by Gasteiger charge is -2.17. The van der Waals surface area contributed by atoms with Crippen molar-refractivity contribution >= 4 is 28.6 Å². The van der Waals surface area contributed by atoms with E-state index in [1.807, 2.05) is 49.4 Å². The van der Waals surface area contributed by atoms with E-state index in [-0.39, 0.29) is 16.7 Å². The quantitative estimate of drug-likeness (QED) is 0.268. The van der Waals surface area contributed by atoms with Crippen LogP contribution in [0.4, 0.5) is 0 Å². The van der Waals surface area contributed by atoms with Crippen molar-refractivity contribution in [2.45, 2.75) is 56.0 Å². The Morgan fingerprint density at radius 1 is 1.18 bits per heavy atom. The fourth-order valence-electron chi connectivity index (χ4n) is 4.12. The molecule has 1 unspecified atom stereocenters. The van der Waals surface area contributed by atoms with Gasteiger partial charge in [-0.25, -0.2) is 4.98 Å². The van der Waals surface area contributed by atoms with Crippen molar-refractivity contribution in [3.63, 3.8) is 0 Å². The maximum absolute atomic E-state index is 13.4. The number of aromatic nitrogens is 2. The van der Waals surface area contributed by atoms with Crippen LogP contribution in [-0.4, -0.2) is 34.4 Å². The summed E-state index contributed by atoms with van der Waals surface area (Å²) in [6.07, 6.45) is 8.00. The van der Waals surface area contributed by atoms with Gasteiger partial charge >= 0.3 is 0 Å². The summed E-state index contributed by atoms with van der Waals surface area (Å²) in [7, 11) is 1.63. The van der Waals surface area contributed by atoms with E-state index in [4.69, 9.17) is 9.72 Å². The molecule has 3 aromatic rings. The SMILES string of the molecule is COc1ccc(Cn2c(SC(C)C(=O)NCCC3=CCCCC3)nc3ccccc3c2=O)cc1. The molecule has 0 saturated heterocycles. The lowest BCUT2D eigenvalue weighted by molar-refractivity contribution is -0.120. The van der Waals surface area contributed by atoms with Gasteiger partial charge in [-0.3, -0.25) is 14.2 Å². The molecule has 7 heteroatoms. The third kappa shape index (κ3) is 5.89. The van der Waals surface area contributed by atoms with E-state index in [9.17, 15) is 9.59 Å². The van der Waals surface area contributed by atoms with E-state index in [1.54, 1.807) is 17.7 Å². The summed E-state index contributed by atoms with van der Waals surface area (Å²) >= 11 is 1.32. The van der Waals surface area contributed by atoms with Gasteiger partial charge in [-0.2, -0.15) is 0 Å². The van der Waals surface area contributed by atoms with Crippen molar-refractivity contribution in [3.8, 4) is 5.75 Å². The number of ether oxygens (including phenoxy) is 1. The van der Waals surface area contributed by atoms with Gasteiger partial charge in [-0.05, 0) is 68.9 Å². The average Bonchev–Trinajstić information content (AvgIpc) is 2.87. The number of fused-ring (bicyclic) bond motifs is 1. The third-order valence-corrected chi connectivity index (χ3v) is 7.20. The monoisotopic (exact) mass is 477 g/mol. The van der Waals surface area contributed by atoms with Gasteiger partial charge in [0, 0.05) is 6.54 Å². The predicted molar refractivity (Wildman–Crippen MR) is 138 cm³/mol. The molecule has 4 rings (SSSR count). The maximum Gasteiger partial charge on any atom is 0.262 e. The second kappa shape index (κ2) is 11.4. The van der Waals surface area contributed by atoms with Gasteiger partial charge in [0.05, 0.1) is 29.8 Å². The summed E-state index contributed by atoms with van der Waals surface area (Å²) in [6.45, 7) is 2.86. The highest BCUT2D eigenvalue weighted by Crippen LogP contribution is 2.24. The molecule has 0 saturated carbocycles. The fourth-order valence-corrected chi connectivity index (χ4v) is 5.06. The number of allylic oxidation sites excluding steroid dienone is 1. The summed E-state index contributed by atoms with van der Waals surface area (Å²) in [4.78, 5) is 30.9. The minimum atomic E-state index is -0.379. The highest BCUT2D eigenvalue weighted by molar-refractivity contribution is 8.00. The Labute approximate surface area is 204 Å². The number of nitrogens with one attached hydrogen (secondary N) is 1. The summed E-state index contributed by atoms with van der Waals surface area (Å²) in [5, 5.41) is 3.78. The molecular formula is C27H31N3O3S. The van der Waals surface area contributed by atoms with Crippen molar-refractivity contribution in [1.82, 2.24) is 14.9 Å². The molecule has 6 nitrogen and oxygen atoms in total. The summed E-state index contributed by atoms with van der Waals surface area (Å²) in [5.74, 6) is 0.719. The van der Waals surface area contributed by atoms with E-state index < -0.39 is 0 Å². The Bertz CT molecular complexity index is 1230. The van der Waals surface area contributed by atoms with Gasteiger partial charge in [-0.1, -0.05) is 47.7 Å². The first-order chi connectivity index (χ1) is 16.5. The van der Waals surface area contributed by atoms with Crippen LogP contribution in [0.2, 0.25) is 0 Å². The topological polar surface area (TPSA) is 73.2 Å². The molecule has 0 spiro atoms. The van der Waals surface area contributed by atoms with E-state index >= 15 is 0 Å². The second-order valence-electron chi connectivity index (χ2n) is 8.56. The zero-order valence-electron chi connectivity index (χ0n) is 19.8. The normalized spacial score (nSPS) is 14.5. The van der Waals surface area contributed by atoms with Crippen molar-refractivity contribution in [3.05, 3.63) is 76.1 Å². The predicted octanol–water partition coefficient (Wildman–Crippen LogP) is 4.94. The minimum absolute atomic E-state index is 0.0418. The van der Waals surface area contributed by atoms with Gasteiger partial charge in [0.2, 0.25) is 5.91 Å². The third-order valence-electron chi connectivity index (χ3n) is 6.11. The molecule has 1 aromatic heterocycles. The van der Waals surface area contributed by atoms with Crippen LogP contribution in [0.15, 0.2) is 70.1 Å². The van der Waals surface area contributed by atoms with Crippen LogP contribution >= 0.6 is 11.8 Å². The highest BCUT2D eigenvalue weighted by Gasteiger charge is 2.19. The number of hydrogen-bond donors (Lipinski definition) is 1. The lowest BCUT2D eigenvalue weighted by atomic mass is 9.97. The number of hydrogen-bond acceptors (Lipinski definition) is 5. The molecule has 0 fully saturated rings. The van der Waals surface area contributed by atoms with Crippen LogP contribution in [-0.2, 0) is 11.3 Å². The Morgan fingerprint density at radius 2 is 1.97 bits per heavy atom. The summed E-state index contributed by atoms with van der Waals surface area (Å²) in [5.41, 5.74) is 2.93. The van der Waals surface area contributed by atoms with Gasteiger partial charge < -0.3 is 10.1 Å². The first-order valence-corrected chi connectivity index (χ1v) is 12.7. The molecule has 1 aliphatic carbocycles. The number of carbonyl (C=O) groups excluding carboxylic acids is 1. The number of amides is 1. The first kappa shape index (κ1) is 24.1. The van der Waals surface area contributed by atoms with Crippen molar-refractivity contribution in [2.75, 3.05) is 13.7 Å².